The number of aryl methyl sites for hydroxylation is 1. The predicted molar refractivity (Wildman–Crippen MR) is 63.4 cm³/mol. The number of rotatable bonds is 4. The largest absolute Gasteiger partial charge is 0.497 e. The van der Waals surface area contributed by atoms with Crippen LogP contribution in [0.25, 0.3) is 6.08 Å². The van der Waals surface area contributed by atoms with Crippen molar-refractivity contribution in [3.63, 3.8) is 0 Å². The molecule has 1 aromatic carbocycles. The smallest absolute Gasteiger partial charge is 0.309 e. The van der Waals surface area contributed by atoms with Gasteiger partial charge in [-0.15, -0.1) is 0 Å². The van der Waals surface area contributed by atoms with Crippen molar-refractivity contribution in [3.05, 3.63) is 35.4 Å². The van der Waals surface area contributed by atoms with Crippen LogP contribution in [-0.2, 0) is 9.53 Å². The third kappa shape index (κ3) is 3.42. The van der Waals surface area contributed by atoms with E-state index in [9.17, 15) is 4.79 Å². The Labute approximate surface area is 95.7 Å². The van der Waals surface area contributed by atoms with Gasteiger partial charge in [-0.3, -0.25) is 4.79 Å². The maximum Gasteiger partial charge on any atom is 0.309 e. The first-order valence-electron chi connectivity index (χ1n) is 5.05. The zero-order chi connectivity index (χ0) is 12.0. The average molecular weight is 220 g/mol. The highest BCUT2D eigenvalue weighted by atomic mass is 16.5. The zero-order valence-electron chi connectivity index (χ0n) is 9.82. The molecule has 0 aliphatic heterocycles. The number of benzene rings is 1. The topological polar surface area (TPSA) is 35.5 Å². The highest BCUT2D eigenvalue weighted by molar-refractivity contribution is 5.72. The Kier molecular flexibility index (Phi) is 4.58. The Hall–Kier alpha value is -1.77. The van der Waals surface area contributed by atoms with Gasteiger partial charge in [0.15, 0.2) is 0 Å². The lowest BCUT2D eigenvalue weighted by Gasteiger charge is -2.04. The lowest BCUT2D eigenvalue weighted by atomic mass is 10.1. The van der Waals surface area contributed by atoms with Crippen molar-refractivity contribution in [2.24, 2.45) is 0 Å². The van der Waals surface area contributed by atoms with Gasteiger partial charge in [-0.25, -0.2) is 0 Å². The quantitative estimate of drug-likeness (QED) is 0.731. The molecule has 0 saturated heterocycles. The van der Waals surface area contributed by atoms with Gasteiger partial charge in [0.1, 0.15) is 5.75 Å². The molecule has 0 aliphatic carbocycles. The number of esters is 1. The number of hydrogen-bond acceptors (Lipinski definition) is 3. The molecular weight excluding hydrogens is 204 g/mol. The Morgan fingerprint density at radius 2 is 2.12 bits per heavy atom. The molecule has 0 unspecified atom stereocenters. The van der Waals surface area contributed by atoms with Gasteiger partial charge in [-0.2, -0.15) is 0 Å². The maximum atomic E-state index is 10.9. The maximum absolute atomic E-state index is 10.9. The van der Waals surface area contributed by atoms with Gasteiger partial charge in [0.05, 0.1) is 20.6 Å². The molecule has 0 spiro atoms. The number of carbonyl (C=O) groups is 1. The van der Waals surface area contributed by atoms with Gasteiger partial charge in [0.2, 0.25) is 0 Å². The third-order valence-corrected chi connectivity index (χ3v) is 2.29. The van der Waals surface area contributed by atoms with E-state index >= 15 is 0 Å². The fourth-order valence-electron chi connectivity index (χ4n) is 1.33. The Morgan fingerprint density at radius 3 is 2.69 bits per heavy atom. The molecule has 16 heavy (non-hydrogen) atoms. The summed E-state index contributed by atoms with van der Waals surface area (Å²) in [6, 6.07) is 5.81. The monoisotopic (exact) mass is 220 g/mol. The minimum Gasteiger partial charge on any atom is -0.497 e. The second-order valence-electron chi connectivity index (χ2n) is 3.41. The minimum atomic E-state index is -0.234. The van der Waals surface area contributed by atoms with Crippen molar-refractivity contribution < 1.29 is 14.3 Å². The first kappa shape index (κ1) is 12.3. The first-order valence-corrected chi connectivity index (χ1v) is 5.05. The Balaban J connectivity index is 2.70. The molecule has 0 radical (unpaired) electrons. The summed E-state index contributed by atoms with van der Waals surface area (Å²) in [6.07, 6.45) is 3.99. The standard InChI is InChI=1S/C13H16O3/c1-10-9-12(15-2)8-7-11(10)5-4-6-13(14)16-3/h4-5,7-9H,6H2,1-3H3. The van der Waals surface area contributed by atoms with E-state index in [1.807, 2.05) is 31.2 Å². The van der Waals surface area contributed by atoms with Crippen LogP contribution >= 0.6 is 0 Å². The van der Waals surface area contributed by atoms with Gasteiger partial charge in [0, 0.05) is 0 Å². The van der Waals surface area contributed by atoms with Crippen LogP contribution in [0.5, 0.6) is 5.75 Å². The van der Waals surface area contributed by atoms with Crippen LogP contribution in [0.3, 0.4) is 0 Å². The highest BCUT2D eigenvalue weighted by Gasteiger charge is 1.98. The summed E-state index contributed by atoms with van der Waals surface area (Å²) in [7, 11) is 3.02. The normalized spacial score (nSPS) is 10.4. The van der Waals surface area contributed by atoms with Gasteiger partial charge >= 0.3 is 5.97 Å². The van der Waals surface area contributed by atoms with Crippen molar-refractivity contribution in [3.8, 4) is 5.75 Å². The molecule has 0 N–H and O–H groups in total. The Bertz CT molecular complexity index is 394. The van der Waals surface area contributed by atoms with Gasteiger partial charge in [-0.1, -0.05) is 18.2 Å². The molecule has 0 heterocycles. The van der Waals surface area contributed by atoms with Crippen LogP contribution in [0.1, 0.15) is 17.5 Å². The minimum absolute atomic E-state index is 0.234. The van der Waals surface area contributed by atoms with Crippen LogP contribution in [0.15, 0.2) is 24.3 Å². The third-order valence-electron chi connectivity index (χ3n) is 2.29. The van der Waals surface area contributed by atoms with E-state index in [-0.39, 0.29) is 5.97 Å². The molecule has 0 bridgehead atoms. The van der Waals surface area contributed by atoms with Crippen LogP contribution in [0, 0.1) is 6.92 Å². The van der Waals surface area contributed by atoms with Crippen molar-refractivity contribution in [1.29, 1.82) is 0 Å². The molecule has 0 aliphatic rings. The molecule has 86 valence electrons. The lowest BCUT2D eigenvalue weighted by molar-refractivity contribution is -0.139. The zero-order valence-corrected chi connectivity index (χ0v) is 9.82. The number of carbonyl (C=O) groups excluding carboxylic acids is 1. The molecule has 0 amide bonds. The fraction of sp³-hybridized carbons (Fsp3) is 0.308. The lowest BCUT2D eigenvalue weighted by Crippen LogP contribution is -1.96. The molecule has 0 fully saturated rings. The summed E-state index contributed by atoms with van der Waals surface area (Å²) in [6.45, 7) is 2.00. The molecule has 0 saturated carbocycles. The molecule has 1 rings (SSSR count). The van der Waals surface area contributed by atoms with Crippen LogP contribution < -0.4 is 4.74 Å². The van der Waals surface area contributed by atoms with E-state index < -0.39 is 0 Å². The van der Waals surface area contributed by atoms with Crippen molar-refractivity contribution in [2.45, 2.75) is 13.3 Å². The van der Waals surface area contributed by atoms with Crippen molar-refractivity contribution in [1.82, 2.24) is 0 Å². The van der Waals surface area contributed by atoms with E-state index in [1.165, 1.54) is 7.11 Å². The van der Waals surface area contributed by atoms with E-state index in [0.717, 1.165) is 16.9 Å². The summed E-state index contributed by atoms with van der Waals surface area (Å²) < 4.78 is 9.66. The molecule has 3 heteroatoms. The number of methoxy groups -OCH3 is 2. The van der Waals surface area contributed by atoms with Crippen LogP contribution in [0.4, 0.5) is 0 Å². The predicted octanol–water partition coefficient (Wildman–Crippen LogP) is 2.58. The fourth-order valence-corrected chi connectivity index (χ4v) is 1.33. The van der Waals surface area contributed by atoms with Crippen LogP contribution in [0.2, 0.25) is 0 Å². The SMILES string of the molecule is COC(=O)CC=Cc1ccc(OC)cc1C. The summed E-state index contributed by atoms with van der Waals surface area (Å²) in [5, 5.41) is 0. The van der Waals surface area contributed by atoms with Gasteiger partial charge in [0.25, 0.3) is 0 Å². The second-order valence-corrected chi connectivity index (χ2v) is 3.41. The van der Waals surface area contributed by atoms with Gasteiger partial charge in [-0.05, 0) is 30.2 Å². The summed E-state index contributed by atoms with van der Waals surface area (Å²) >= 11 is 0. The summed E-state index contributed by atoms with van der Waals surface area (Å²) in [5.74, 6) is 0.602. The molecule has 0 atom stereocenters. The molecule has 3 nitrogen and oxygen atoms in total. The molecule has 1 aromatic rings. The first-order chi connectivity index (χ1) is 7.67. The second kappa shape index (κ2) is 5.95. The van der Waals surface area contributed by atoms with Crippen molar-refractivity contribution >= 4 is 12.0 Å². The Morgan fingerprint density at radius 1 is 1.38 bits per heavy atom. The van der Waals surface area contributed by atoms with Crippen molar-refractivity contribution in [2.75, 3.05) is 14.2 Å². The van der Waals surface area contributed by atoms with E-state index in [2.05, 4.69) is 4.74 Å². The average Bonchev–Trinajstić information content (AvgIpc) is 2.30. The molecule has 0 aromatic heterocycles. The highest BCUT2D eigenvalue weighted by Crippen LogP contribution is 2.17. The van der Waals surface area contributed by atoms with Crippen LogP contribution in [-0.4, -0.2) is 20.2 Å². The van der Waals surface area contributed by atoms with Gasteiger partial charge < -0.3 is 9.47 Å². The van der Waals surface area contributed by atoms with E-state index in [0.29, 0.717) is 6.42 Å². The summed E-state index contributed by atoms with van der Waals surface area (Å²) in [4.78, 5) is 10.9. The number of ether oxygens (including phenoxy) is 2. The van der Waals surface area contributed by atoms with E-state index in [4.69, 9.17) is 4.74 Å². The summed E-state index contributed by atoms with van der Waals surface area (Å²) in [5.41, 5.74) is 2.19. The van der Waals surface area contributed by atoms with E-state index in [1.54, 1.807) is 13.2 Å². The molecular formula is C13H16O3. The number of hydrogen-bond donors (Lipinski definition) is 0.